The number of hydrogen-bond acceptors (Lipinski definition) is 3. The van der Waals surface area contributed by atoms with E-state index in [2.05, 4.69) is 0 Å². The predicted molar refractivity (Wildman–Crippen MR) is 85.4 cm³/mol. The van der Waals surface area contributed by atoms with Crippen molar-refractivity contribution in [1.82, 2.24) is 4.57 Å². The van der Waals surface area contributed by atoms with Crippen LogP contribution in [0.4, 0.5) is 0 Å². The van der Waals surface area contributed by atoms with E-state index in [-0.39, 0.29) is 17.5 Å². The molecule has 0 unspecified atom stereocenters. The predicted octanol–water partition coefficient (Wildman–Crippen LogP) is 3.70. The maximum absolute atomic E-state index is 11.6. The van der Waals surface area contributed by atoms with Crippen LogP contribution >= 0.6 is 0 Å². The molecule has 2 aromatic rings. The van der Waals surface area contributed by atoms with Gasteiger partial charge in [-0.1, -0.05) is 12.1 Å². The van der Waals surface area contributed by atoms with Crippen LogP contribution in [0.15, 0.2) is 24.3 Å². The topological polar surface area (TPSA) is 62.5 Å². The van der Waals surface area contributed by atoms with Gasteiger partial charge in [0.2, 0.25) is 11.8 Å². The standard InChI is InChI=1S/C19H19NO3/c1-9(21)10-3-2-4-11(7-10)20-18(22)16-12-5-6-13(15-8-14(12)15)17(16)19(20)23/h2-4,7,12-15,22-23H,5-6,8H2,1H3/t12-,13+,14+,15-. The minimum Gasteiger partial charge on any atom is -0.494 e. The number of rotatable bonds is 2. The average Bonchev–Trinajstić information content (AvgIpc) is 3.32. The quantitative estimate of drug-likeness (QED) is 0.831. The van der Waals surface area contributed by atoms with E-state index in [4.69, 9.17) is 0 Å². The fraction of sp³-hybridized carbons (Fsp3) is 0.421. The number of hydrogen-bond donors (Lipinski definition) is 2. The van der Waals surface area contributed by atoms with Crippen molar-refractivity contribution in [3.8, 4) is 17.4 Å². The van der Waals surface area contributed by atoms with Gasteiger partial charge in [0.25, 0.3) is 0 Å². The average molecular weight is 309 g/mol. The summed E-state index contributed by atoms with van der Waals surface area (Å²) in [6.07, 6.45) is 3.47. The van der Waals surface area contributed by atoms with Crippen molar-refractivity contribution in [2.75, 3.05) is 0 Å². The van der Waals surface area contributed by atoms with E-state index in [0.29, 0.717) is 34.9 Å². The third-order valence-electron chi connectivity index (χ3n) is 6.16. The van der Waals surface area contributed by atoms with Gasteiger partial charge < -0.3 is 10.2 Å². The van der Waals surface area contributed by atoms with Gasteiger partial charge in [0, 0.05) is 16.7 Å². The largest absolute Gasteiger partial charge is 0.494 e. The Balaban J connectivity index is 1.72. The lowest BCUT2D eigenvalue weighted by molar-refractivity contribution is 0.101. The number of fused-ring (bicyclic) bond motifs is 1. The van der Waals surface area contributed by atoms with Gasteiger partial charge in [-0.2, -0.15) is 0 Å². The Kier molecular flexibility index (Phi) is 2.41. The SMILES string of the molecule is CC(=O)c1cccc(-n2c(O)c3c(c2O)[C@@H]2CC[C@H]3[C@H]3C[C@H]32)c1. The maximum atomic E-state index is 11.6. The Bertz CT molecular complexity index is 811. The van der Waals surface area contributed by atoms with Crippen molar-refractivity contribution in [2.24, 2.45) is 11.8 Å². The van der Waals surface area contributed by atoms with Crippen LogP contribution in [-0.4, -0.2) is 20.6 Å². The first-order valence-corrected chi connectivity index (χ1v) is 8.35. The fourth-order valence-electron chi connectivity index (χ4n) is 5.09. The number of benzene rings is 1. The van der Waals surface area contributed by atoms with Crippen LogP contribution in [0, 0.1) is 11.8 Å². The molecule has 0 spiro atoms. The summed E-state index contributed by atoms with van der Waals surface area (Å²) in [5, 5.41) is 21.6. The molecule has 4 aliphatic carbocycles. The highest BCUT2D eigenvalue weighted by atomic mass is 16.3. The molecule has 4 heteroatoms. The highest BCUT2D eigenvalue weighted by Gasteiger charge is 2.58. The van der Waals surface area contributed by atoms with Crippen LogP contribution in [0.25, 0.3) is 5.69 Å². The molecule has 0 amide bonds. The molecule has 0 saturated heterocycles. The Hall–Kier alpha value is -2.23. The summed E-state index contributed by atoms with van der Waals surface area (Å²) in [6.45, 7) is 1.52. The third-order valence-corrected chi connectivity index (χ3v) is 6.16. The fourth-order valence-corrected chi connectivity index (χ4v) is 5.09. The van der Waals surface area contributed by atoms with E-state index in [1.165, 1.54) is 17.9 Å². The van der Waals surface area contributed by atoms with Crippen molar-refractivity contribution in [1.29, 1.82) is 0 Å². The molecular weight excluding hydrogens is 290 g/mol. The van der Waals surface area contributed by atoms with Gasteiger partial charge in [-0.3, -0.25) is 9.36 Å². The van der Waals surface area contributed by atoms with Gasteiger partial charge in [0.05, 0.1) is 5.69 Å². The van der Waals surface area contributed by atoms with Crippen molar-refractivity contribution >= 4 is 5.78 Å². The second-order valence-corrected chi connectivity index (χ2v) is 7.27. The van der Waals surface area contributed by atoms with Crippen LogP contribution in [0.5, 0.6) is 11.8 Å². The van der Waals surface area contributed by atoms with Gasteiger partial charge in [-0.25, -0.2) is 0 Å². The van der Waals surface area contributed by atoms with E-state index >= 15 is 0 Å². The summed E-state index contributed by atoms with van der Waals surface area (Å²) >= 11 is 0. The Labute approximate surface area is 134 Å². The molecule has 4 aliphatic rings. The number of nitrogens with zero attached hydrogens (tertiary/aromatic N) is 1. The minimum absolute atomic E-state index is 0.0240. The summed E-state index contributed by atoms with van der Waals surface area (Å²) in [4.78, 5) is 11.6. The Morgan fingerprint density at radius 1 is 1.09 bits per heavy atom. The second kappa shape index (κ2) is 4.19. The molecule has 0 radical (unpaired) electrons. The number of aromatic hydroxyl groups is 2. The van der Waals surface area contributed by atoms with Crippen LogP contribution in [0.2, 0.25) is 0 Å². The summed E-state index contributed by atoms with van der Waals surface area (Å²) in [5.41, 5.74) is 3.16. The molecule has 2 N–H and O–H groups in total. The first-order chi connectivity index (χ1) is 11.1. The minimum atomic E-state index is -0.0240. The van der Waals surface area contributed by atoms with Crippen molar-refractivity contribution in [2.45, 2.75) is 38.0 Å². The van der Waals surface area contributed by atoms with Gasteiger partial charge >= 0.3 is 0 Å². The van der Waals surface area contributed by atoms with E-state index in [1.54, 1.807) is 18.2 Å². The zero-order valence-corrected chi connectivity index (χ0v) is 13.0. The molecule has 23 heavy (non-hydrogen) atoms. The summed E-state index contributed by atoms with van der Waals surface area (Å²) in [6, 6.07) is 7.09. The van der Waals surface area contributed by atoms with Crippen LogP contribution in [0.3, 0.4) is 0 Å². The van der Waals surface area contributed by atoms with E-state index in [1.807, 2.05) is 6.07 Å². The zero-order chi connectivity index (χ0) is 15.9. The molecule has 2 saturated carbocycles. The maximum Gasteiger partial charge on any atom is 0.202 e. The van der Waals surface area contributed by atoms with E-state index in [9.17, 15) is 15.0 Å². The first-order valence-electron chi connectivity index (χ1n) is 8.35. The van der Waals surface area contributed by atoms with E-state index < -0.39 is 0 Å². The molecule has 1 heterocycles. The molecule has 2 fully saturated rings. The highest BCUT2D eigenvalue weighted by Crippen LogP contribution is 2.70. The molecule has 2 bridgehead atoms. The van der Waals surface area contributed by atoms with Crippen LogP contribution in [-0.2, 0) is 0 Å². The molecule has 1 aromatic carbocycles. The molecular formula is C19H19NO3. The molecule has 118 valence electrons. The second-order valence-electron chi connectivity index (χ2n) is 7.27. The molecule has 6 rings (SSSR count). The smallest absolute Gasteiger partial charge is 0.202 e. The lowest BCUT2D eigenvalue weighted by Crippen LogP contribution is -2.22. The summed E-state index contributed by atoms with van der Waals surface area (Å²) < 4.78 is 1.52. The van der Waals surface area contributed by atoms with Gasteiger partial charge in [0.15, 0.2) is 5.78 Å². The Morgan fingerprint density at radius 3 is 2.26 bits per heavy atom. The number of ketones is 1. The summed E-state index contributed by atoms with van der Waals surface area (Å²) in [5.74, 6) is 2.49. The van der Waals surface area contributed by atoms with Crippen LogP contribution < -0.4 is 0 Å². The zero-order valence-electron chi connectivity index (χ0n) is 13.0. The van der Waals surface area contributed by atoms with E-state index in [0.717, 1.165) is 24.0 Å². The number of carbonyl (C=O) groups excluding carboxylic acids is 1. The lowest BCUT2D eigenvalue weighted by atomic mass is 9.68. The Morgan fingerprint density at radius 2 is 1.70 bits per heavy atom. The lowest BCUT2D eigenvalue weighted by Gasteiger charge is -2.35. The van der Waals surface area contributed by atoms with Crippen molar-refractivity contribution in [3.05, 3.63) is 41.0 Å². The molecule has 4 atom stereocenters. The number of carbonyl (C=O) groups is 1. The first kappa shape index (κ1) is 13.2. The highest BCUT2D eigenvalue weighted by molar-refractivity contribution is 5.94. The van der Waals surface area contributed by atoms with Gasteiger partial charge in [0.1, 0.15) is 0 Å². The summed E-state index contributed by atoms with van der Waals surface area (Å²) in [7, 11) is 0. The van der Waals surface area contributed by atoms with Gasteiger partial charge in [-0.05, 0) is 62.0 Å². The van der Waals surface area contributed by atoms with Gasteiger partial charge in [-0.15, -0.1) is 0 Å². The number of aromatic nitrogens is 1. The molecule has 4 nitrogen and oxygen atoms in total. The van der Waals surface area contributed by atoms with Crippen molar-refractivity contribution in [3.63, 3.8) is 0 Å². The normalized spacial score (nSPS) is 30.0. The molecule has 0 aliphatic heterocycles. The third kappa shape index (κ3) is 1.58. The van der Waals surface area contributed by atoms with Crippen LogP contribution in [0.1, 0.15) is 59.5 Å². The monoisotopic (exact) mass is 309 g/mol. The van der Waals surface area contributed by atoms with Crippen molar-refractivity contribution < 1.29 is 15.0 Å². The molecule has 1 aromatic heterocycles. The number of Topliss-reactive ketones (excluding diaryl/α,β-unsaturated/α-hetero) is 1.